The van der Waals surface area contributed by atoms with Gasteiger partial charge in [-0.2, -0.15) is 0 Å². The number of carboxylic acids is 1. The molecule has 2 aromatic rings. The lowest BCUT2D eigenvalue weighted by atomic mass is 9.73. The normalized spacial score (nSPS) is 24.0. The first-order valence-electron chi connectivity index (χ1n) is 10.6. The second-order valence-electron chi connectivity index (χ2n) is 8.75. The van der Waals surface area contributed by atoms with Gasteiger partial charge in [-0.05, 0) is 47.9 Å². The SMILES string of the molecule is C[C@H](NC(=O)OCC1c2ccccc2-c2ccccc21)C(=O)N1CC2CC1(C(=O)O)C2. The summed E-state index contributed by atoms with van der Waals surface area (Å²) >= 11 is 0. The van der Waals surface area contributed by atoms with Crippen LogP contribution in [-0.4, -0.2) is 52.7 Å². The van der Waals surface area contributed by atoms with E-state index in [2.05, 4.69) is 17.4 Å². The van der Waals surface area contributed by atoms with Gasteiger partial charge in [-0.1, -0.05) is 48.5 Å². The molecule has 2 heterocycles. The van der Waals surface area contributed by atoms with Gasteiger partial charge in [0.1, 0.15) is 18.2 Å². The topological polar surface area (TPSA) is 95.9 Å². The minimum atomic E-state index is -1.10. The molecular weight excluding hydrogens is 396 g/mol. The third-order valence-corrected chi connectivity index (χ3v) is 6.92. The molecule has 0 unspecified atom stereocenters. The van der Waals surface area contributed by atoms with Crippen molar-refractivity contribution < 1.29 is 24.2 Å². The molecule has 2 aromatic carbocycles. The molecule has 4 aliphatic rings. The maximum atomic E-state index is 12.8. The number of benzene rings is 2. The van der Waals surface area contributed by atoms with E-state index < -0.39 is 23.6 Å². The fourth-order valence-electron chi connectivity index (χ4n) is 5.38. The summed E-state index contributed by atoms with van der Waals surface area (Å²) in [6.45, 7) is 2.16. The molecule has 2 amide bonds. The molecule has 1 atom stereocenters. The van der Waals surface area contributed by atoms with Crippen molar-refractivity contribution in [3.8, 4) is 11.1 Å². The number of alkyl carbamates (subject to hydrolysis) is 1. The molecule has 31 heavy (non-hydrogen) atoms. The highest BCUT2D eigenvalue weighted by molar-refractivity contribution is 5.93. The lowest BCUT2D eigenvalue weighted by Gasteiger charge is -2.38. The van der Waals surface area contributed by atoms with Gasteiger partial charge in [0.25, 0.3) is 0 Å². The monoisotopic (exact) mass is 420 g/mol. The number of ether oxygens (including phenoxy) is 1. The number of nitrogens with zero attached hydrogens (tertiary/aromatic N) is 1. The smallest absolute Gasteiger partial charge is 0.407 e. The Morgan fingerprint density at radius 1 is 1.10 bits per heavy atom. The Labute approximate surface area is 180 Å². The first-order valence-corrected chi connectivity index (χ1v) is 10.6. The Balaban J connectivity index is 1.23. The number of rotatable bonds is 5. The van der Waals surface area contributed by atoms with Crippen LogP contribution in [0.1, 0.15) is 36.8 Å². The fraction of sp³-hybridized carbons (Fsp3) is 0.375. The number of fused-ring (bicyclic) bond motifs is 4. The fourth-order valence-corrected chi connectivity index (χ4v) is 5.38. The standard InChI is InChI=1S/C24H24N2O5/c1-14(21(27)26-12-15-10-24(26,11-15)22(28)29)25-23(30)31-13-20-18-8-4-2-6-16(18)17-7-3-5-9-19(17)20/h2-9,14-15,20H,10-13H2,1H3,(H,25,30)(H,28,29)/t14-,15?,24?/m0/s1. The zero-order valence-electron chi connectivity index (χ0n) is 17.2. The molecule has 2 aliphatic heterocycles. The Hall–Kier alpha value is -3.35. The maximum Gasteiger partial charge on any atom is 0.407 e. The molecule has 0 radical (unpaired) electrons. The van der Waals surface area contributed by atoms with Gasteiger partial charge >= 0.3 is 12.1 Å². The number of hydrogen-bond donors (Lipinski definition) is 2. The highest BCUT2D eigenvalue weighted by Gasteiger charge is 2.63. The van der Waals surface area contributed by atoms with Gasteiger partial charge in [0, 0.05) is 12.5 Å². The molecule has 160 valence electrons. The van der Waals surface area contributed by atoms with E-state index in [9.17, 15) is 19.5 Å². The van der Waals surface area contributed by atoms with Crippen LogP contribution in [0.2, 0.25) is 0 Å². The van der Waals surface area contributed by atoms with E-state index in [1.807, 2.05) is 36.4 Å². The lowest BCUT2D eigenvalue weighted by Crippen LogP contribution is -2.58. The van der Waals surface area contributed by atoms with Crippen LogP contribution in [0, 0.1) is 5.92 Å². The zero-order valence-corrected chi connectivity index (χ0v) is 17.2. The van der Waals surface area contributed by atoms with Crippen LogP contribution < -0.4 is 5.32 Å². The van der Waals surface area contributed by atoms with Crippen molar-refractivity contribution in [2.45, 2.75) is 37.3 Å². The summed E-state index contributed by atoms with van der Waals surface area (Å²) in [5, 5.41) is 12.1. The van der Waals surface area contributed by atoms with Gasteiger partial charge in [-0.3, -0.25) is 4.79 Å². The summed E-state index contributed by atoms with van der Waals surface area (Å²) in [5.74, 6) is -1.18. The molecule has 6 rings (SSSR count). The van der Waals surface area contributed by atoms with Crippen molar-refractivity contribution in [3.05, 3.63) is 59.7 Å². The quantitative estimate of drug-likeness (QED) is 0.775. The van der Waals surface area contributed by atoms with E-state index in [0.717, 1.165) is 22.3 Å². The molecule has 0 spiro atoms. The minimum absolute atomic E-state index is 0.0646. The molecule has 3 fully saturated rings. The molecule has 2 aliphatic carbocycles. The van der Waals surface area contributed by atoms with Crippen molar-refractivity contribution in [1.29, 1.82) is 0 Å². The molecule has 2 bridgehead atoms. The summed E-state index contributed by atoms with van der Waals surface area (Å²) in [6.07, 6.45) is 0.302. The van der Waals surface area contributed by atoms with E-state index in [1.54, 1.807) is 6.92 Å². The van der Waals surface area contributed by atoms with Gasteiger partial charge < -0.3 is 20.1 Å². The van der Waals surface area contributed by atoms with Crippen LogP contribution in [0.5, 0.6) is 0 Å². The third kappa shape index (κ3) is 2.99. The van der Waals surface area contributed by atoms with Gasteiger partial charge in [-0.15, -0.1) is 0 Å². The average molecular weight is 420 g/mol. The van der Waals surface area contributed by atoms with Crippen LogP contribution in [-0.2, 0) is 14.3 Å². The molecule has 7 nitrogen and oxygen atoms in total. The Kier molecular flexibility index (Phi) is 4.50. The highest BCUT2D eigenvalue weighted by Crippen LogP contribution is 2.51. The number of nitrogens with one attached hydrogen (secondary N) is 1. The molecule has 2 saturated heterocycles. The zero-order chi connectivity index (χ0) is 21.8. The summed E-state index contributed by atoms with van der Waals surface area (Å²) in [5.41, 5.74) is 3.41. The number of carbonyl (C=O) groups is 3. The second-order valence-corrected chi connectivity index (χ2v) is 8.75. The third-order valence-electron chi connectivity index (χ3n) is 6.92. The van der Waals surface area contributed by atoms with Crippen LogP contribution in [0.15, 0.2) is 48.5 Å². The molecule has 2 N–H and O–H groups in total. The number of carbonyl (C=O) groups excluding carboxylic acids is 2. The first-order chi connectivity index (χ1) is 14.9. The van der Waals surface area contributed by atoms with Gasteiger partial charge in [0.15, 0.2) is 0 Å². The molecule has 1 saturated carbocycles. The number of carboxylic acid groups (broad SMARTS) is 1. The summed E-state index contributed by atoms with van der Waals surface area (Å²) in [6, 6.07) is 15.3. The van der Waals surface area contributed by atoms with E-state index in [0.29, 0.717) is 19.4 Å². The number of aliphatic carboxylic acids is 1. The van der Waals surface area contributed by atoms with Crippen LogP contribution in [0.25, 0.3) is 11.1 Å². The van der Waals surface area contributed by atoms with Gasteiger partial charge in [0.2, 0.25) is 5.91 Å². The lowest BCUT2D eigenvalue weighted by molar-refractivity contribution is -0.159. The molecular formula is C24H24N2O5. The van der Waals surface area contributed by atoms with Crippen molar-refractivity contribution in [2.24, 2.45) is 5.92 Å². The Morgan fingerprint density at radius 2 is 1.68 bits per heavy atom. The van der Waals surface area contributed by atoms with Crippen LogP contribution in [0.4, 0.5) is 4.79 Å². The highest BCUT2D eigenvalue weighted by atomic mass is 16.5. The van der Waals surface area contributed by atoms with Crippen molar-refractivity contribution in [1.82, 2.24) is 10.2 Å². The van der Waals surface area contributed by atoms with E-state index >= 15 is 0 Å². The molecule has 7 heteroatoms. The van der Waals surface area contributed by atoms with Crippen LogP contribution >= 0.6 is 0 Å². The minimum Gasteiger partial charge on any atom is -0.479 e. The Morgan fingerprint density at radius 3 is 2.26 bits per heavy atom. The predicted molar refractivity (Wildman–Crippen MR) is 112 cm³/mol. The average Bonchev–Trinajstić information content (AvgIpc) is 3.40. The van der Waals surface area contributed by atoms with Gasteiger partial charge in [0.05, 0.1) is 0 Å². The van der Waals surface area contributed by atoms with Crippen molar-refractivity contribution >= 4 is 18.0 Å². The van der Waals surface area contributed by atoms with E-state index in [4.69, 9.17) is 4.74 Å². The van der Waals surface area contributed by atoms with Crippen molar-refractivity contribution in [2.75, 3.05) is 13.2 Å². The predicted octanol–water partition coefficient (Wildman–Crippen LogP) is 2.99. The van der Waals surface area contributed by atoms with E-state index in [1.165, 1.54) is 4.90 Å². The molecule has 0 aromatic heterocycles. The number of hydrogen-bond acceptors (Lipinski definition) is 4. The van der Waals surface area contributed by atoms with E-state index in [-0.39, 0.29) is 24.3 Å². The van der Waals surface area contributed by atoms with Crippen LogP contribution in [0.3, 0.4) is 0 Å². The second kappa shape index (κ2) is 7.11. The summed E-state index contributed by atoms with van der Waals surface area (Å²) in [4.78, 5) is 38.3. The maximum absolute atomic E-state index is 12.8. The largest absolute Gasteiger partial charge is 0.479 e. The number of amides is 2. The summed E-state index contributed by atoms with van der Waals surface area (Å²) < 4.78 is 5.50. The summed E-state index contributed by atoms with van der Waals surface area (Å²) in [7, 11) is 0. The van der Waals surface area contributed by atoms with Gasteiger partial charge in [-0.25, -0.2) is 9.59 Å². The first kappa shape index (κ1) is 19.6. The Bertz CT molecular complexity index is 1030. The van der Waals surface area contributed by atoms with Crippen molar-refractivity contribution in [3.63, 3.8) is 0 Å².